The molecule has 6 nitrogen and oxygen atoms in total. The van der Waals surface area contributed by atoms with Gasteiger partial charge in [0.25, 0.3) is 0 Å². The molecule has 1 N–H and O–H groups in total. The van der Waals surface area contributed by atoms with Crippen molar-refractivity contribution >= 4 is 17.6 Å². The second kappa shape index (κ2) is 7.99. The second-order valence-corrected chi connectivity index (χ2v) is 6.90. The lowest BCUT2D eigenvalue weighted by atomic mass is 10.0. The molecule has 25 heavy (non-hydrogen) atoms. The number of carboxylic acids is 1. The number of likely N-dealkylation sites (tertiary alicyclic amines) is 1. The maximum Gasteiger partial charge on any atom is 0.317 e. The van der Waals surface area contributed by atoms with Crippen LogP contribution in [0.25, 0.3) is 11.5 Å². The molecule has 0 unspecified atom stereocenters. The van der Waals surface area contributed by atoms with Crippen LogP contribution in [-0.2, 0) is 11.3 Å². The topological polar surface area (TPSA) is 69.8 Å². The standard InChI is InChI=1S/C18H22ClN3O3/c1-21(11-17(23)24)16-6-8-22(9-7-16)10-15-12-25-18(20-15)13-2-4-14(19)5-3-13/h2-5,12,16H,6-11H2,1H3,(H,23,24). The molecule has 0 amide bonds. The van der Waals surface area contributed by atoms with Crippen LogP contribution in [0.2, 0.25) is 5.02 Å². The highest BCUT2D eigenvalue weighted by molar-refractivity contribution is 6.30. The first-order valence-corrected chi connectivity index (χ1v) is 8.74. The molecule has 0 saturated carbocycles. The molecule has 1 aliphatic heterocycles. The molecule has 7 heteroatoms. The average molecular weight is 364 g/mol. The monoisotopic (exact) mass is 363 g/mol. The van der Waals surface area contributed by atoms with Crippen molar-refractivity contribution in [3.05, 3.63) is 41.2 Å². The third kappa shape index (κ3) is 4.81. The number of likely N-dealkylation sites (N-methyl/N-ethyl adjacent to an activating group) is 1. The molecule has 0 radical (unpaired) electrons. The Morgan fingerprint density at radius 3 is 2.68 bits per heavy atom. The lowest BCUT2D eigenvalue weighted by molar-refractivity contribution is -0.138. The predicted octanol–water partition coefficient (Wildman–Crippen LogP) is 2.98. The third-order valence-corrected chi connectivity index (χ3v) is 4.85. The van der Waals surface area contributed by atoms with Gasteiger partial charge in [0, 0.05) is 36.3 Å². The summed E-state index contributed by atoms with van der Waals surface area (Å²) in [5, 5.41) is 9.58. The number of carbonyl (C=O) groups is 1. The molecule has 2 heterocycles. The van der Waals surface area contributed by atoms with Crippen LogP contribution in [0.3, 0.4) is 0 Å². The van der Waals surface area contributed by atoms with E-state index in [9.17, 15) is 4.79 Å². The van der Waals surface area contributed by atoms with Gasteiger partial charge in [-0.3, -0.25) is 14.6 Å². The number of carboxylic acid groups (broad SMARTS) is 1. The normalized spacial score (nSPS) is 16.4. The lowest BCUT2D eigenvalue weighted by Gasteiger charge is -2.35. The first-order chi connectivity index (χ1) is 12.0. The van der Waals surface area contributed by atoms with Gasteiger partial charge in [-0.15, -0.1) is 0 Å². The van der Waals surface area contributed by atoms with Crippen LogP contribution in [0.1, 0.15) is 18.5 Å². The Morgan fingerprint density at radius 1 is 1.36 bits per heavy atom. The minimum Gasteiger partial charge on any atom is -0.480 e. The van der Waals surface area contributed by atoms with Crippen LogP contribution in [0.5, 0.6) is 0 Å². The summed E-state index contributed by atoms with van der Waals surface area (Å²) >= 11 is 5.90. The van der Waals surface area contributed by atoms with Crippen molar-refractivity contribution < 1.29 is 14.3 Å². The van der Waals surface area contributed by atoms with Crippen LogP contribution in [0, 0.1) is 0 Å². The minimum atomic E-state index is -0.776. The fourth-order valence-corrected chi connectivity index (χ4v) is 3.32. The lowest BCUT2D eigenvalue weighted by Crippen LogP contribution is -2.44. The molecular formula is C18H22ClN3O3. The number of hydrogen-bond acceptors (Lipinski definition) is 5. The number of hydrogen-bond donors (Lipinski definition) is 1. The fraction of sp³-hybridized carbons (Fsp3) is 0.444. The van der Waals surface area contributed by atoms with E-state index in [2.05, 4.69) is 9.88 Å². The van der Waals surface area contributed by atoms with Gasteiger partial charge < -0.3 is 9.52 Å². The van der Waals surface area contributed by atoms with Gasteiger partial charge in [-0.2, -0.15) is 0 Å². The van der Waals surface area contributed by atoms with E-state index in [0.29, 0.717) is 17.0 Å². The average Bonchev–Trinajstić information content (AvgIpc) is 3.04. The van der Waals surface area contributed by atoms with Gasteiger partial charge >= 0.3 is 5.97 Å². The van der Waals surface area contributed by atoms with Crippen LogP contribution in [-0.4, -0.2) is 58.6 Å². The van der Waals surface area contributed by atoms with Crippen molar-refractivity contribution in [2.75, 3.05) is 26.7 Å². The van der Waals surface area contributed by atoms with Gasteiger partial charge in [0.2, 0.25) is 5.89 Å². The first-order valence-electron chi connectivity index (χ1n) is 8.36. The Labute approximate surface area is 152 Å². The zero-order chi connectivity index (χ0) is 17.8. The number of benzene rings is 1. The summed E-state index contributed by atoms with van der Waals surface area (Å²) in [6.45, 7) is 2.69. The number of halogens is 1. The van der Waals surface area contributed by atoms with E-state index in [1.807, 2.05) is 36.2 Å². The highest BCUT2D eigenvalue weighted by Gasteiger charge is 2.24. The largest absolute Gasteiger partial charge is 0.480 e. The van der Waals surface area contributed by atoms with E-state index < -0.39 is 5.97 Å². The predicted molar refractivity (Wildman–Crippen MR) is 95.5 cm³/mol. The maximum absolute atomic E-state index is 10.8. The van der Waals surface area contributed by atoms with Gasteiger partial charge in [-0.05, 0) is 44.2 Å². The van der Waals surface area contributed by atoms with Crippen LogP contribution < -0.4 is 0 Å². The zero-order valence-corrected chi connectivity index (χ0v) is 14.9. The summed E-state index contributed by atoms with van der Waals surface area (Å²) in [5.41, 5.74) is 1.81. The quantitative estimate of drug-likeness (QED) is 0.850. The number of piperidine rings is 1. The Morgan fingerprint density at radius 2 is 2.04 bits per heavy atom. The molecule has 1 fully saturated rings. The summed E-state index contributed by atoms with van der Waals surface area (Å²) in [6.07, 6.45) is 3.63. The number of oxazole rings is 1. The number of nitrogens with zero attached hydrogens (tertiary/aromatic N) is 3. The van der Waals surface area contributed by atoms with Gasteiger partial charge in [0.15, 0.2) is 0 Å². The van der Waals surface area contributed by atoms with Gasteiger partial charge in [-0.1, -0.05) is 11.6 Å². The highest BCUT2D eigenvalue weighted by atomic mass is 35.5. The summed E-state index contributed by atoms with van der Waals surface area (Å²) in [7, 11) is 1.88. The SMILES string of the molecule is CN(CC(=O)O)C1CCN(Cc2coc(-c3ccc(Cl)cc3)n2)CC1. The van der Waals surface area contributed by atoms with Crippen molar-refractivity contribution in [2.45, 2.75) is 25.4 Å². The second-order valence-electron chi connectivity index (χ2n) is 6.47. The molecule has 0 spiro atoms. The van der Waals surface area contributed by atoms with Crippen molar-refractivity contribution in [1.29, 1.82) is 0 Å². The van der Waals surface area contributed by atoms with E-state index in [0.717, 1.165) is 43.7 Å². The van der Waals surface area contributed by atoms with Crippen molar-refractivity contribution in [2.24, 2.45) is 0 Å². The number of rotatable bonds is 6. The van der Waals surface area contributed by atoms with E-state index in [-0.39, 0.29) is 6.54 Å². The minimum absolute atomic E-state index is 0.0956. The molecule has 1 saturated heterocycles. The van der Waals surface area contributed by atoms with E-state index >= 15 is 0 Å². The van der Waals surface area contributed by atoms with E-state index in [4.69, 9.17) is 21.1 Å². The molecule has 1 aromatic heterocycles. The van der Waals surface area contributed by atoms with E-state index in [1.165, 1.54) is 0 Å². The number of aromatic nitrogens is 1. The smallest absolute Gasteiger partial charge is 0.317 e. The molecule has 0 aliphatic carbocycles. The summed E-state index contributed by atoms with van der Waals surface area (Å²) in [4.78, 5) is 19.6. The molecular weight excluding hydrogens is 342 g/mol. The fourth-order valence-electron chi connectivity index (χ4n) is 3.19. The molecule has 134 valence electrons. The number of aliphatic carboxylic acids is 1. The zero-order valence-electron chi connectivity index (χ0n) is 14.2. The molecule has 2 aromatic rings. The maximum atomic E-state index is 10.8. The molecule has 1 aromatic carbocycles. The Bertz CT molecular complexity index is 709. The first kappa shape index (κ1) is 17.9. The van der Waals surface area contributed by atoms with Crippen molar-refractivity contribution in [3.8, 4) is 11.5 Å². The van der Waals surface area contributed by atoms with Crippen molar-refractivity contribution in [3.63, 3.8) is 0 Å². The van der Waals surface area contributed by atoms with Crippen LogP contribution in [0.4, 0.5) is 0 Å². The molecule has 0 bridgehead atoms. The van der Waals surface area contributed by atoms with Crippen LogP contribution >= 0.6 is 11.6 Å². The van der Waals surface area contributed by atoms with Gasteiger partial charge in [-0.25, -0.2) is 4.98 Å². The van der Waals surface area contributed by atoms with Gasteiger partial charge in [0.1, 0.15) is 6.26 Å². The molecule has 1 aliphatic rings. The summed E-state index contributed by atoms with van der Waals surface area (Å²) in [6, 6.07) is 7.75. The Balaban J connectivity index is 1.53. The Hall–Kier alpha value is -1.89. The van der Waals surface area contributed by atoms with Gasteiger partial charge in [0.05, 0.1) is 12.2 Å². The van der Waals surface area contributed by atoms with Crippen molar-refractivity contribution in [1.82, 2.24) is 14.8 Å². The third-order valence-electron chi connectivity index (χ3n) is 4.59. The highest BCUT2D eigenvalue weighted by Crippen LogP contribution is 2.22. The summed E-state index contributed by atoms with van der Waals surface area (Å²) in [5.74, 6) is -0.176. The van der Waals surface area contributed by atoms with E-state index in [1.54, 1.807) is 6.26 Å². The molecule has 0 atom stereocenters. The van der Waals surface area contributed by atoms with Crippen LogP contribution in [0.15, 0.2) is 34.9 Å². The molecule has 3 rings (SSSR count). The summed E-state index contributed by atoms with van der Waals surface area (Å²) < 4.78 is 5.58. The Kier molecular flexibility index (Phi) is 5.73.